The van der Waals surface area contributed by atoms with E-state index in [0.29, 0.717) is 18.7 Å². The molecule has 0 aromatic heterocycles. The predicted molar refractivity (Wildman–Crippen MR) is 71.0 cm³/mol. The molecule has 0 unspecified atom stereocenters. The third-order valence-corrected chi connectivity index (χ3v) is 4.16. The Morgan fingerprint density at radius 3 is 3.05 bits per heavy atom. The molecule has 1 amide bonds. The number of halogens is 1. The minimum atomic E-state index is -0.387. The van der Waals surface area contributed by atoms with Gasteiger partial charge in [-0.25, -0.2) is 4.39 Å². The number of amides is 1. The van der Waals surface area contributed by atoms with Crippen LogP contribution in [0.5, 0.6) is 0 Å². The second-order valence-corrected chi connectivity index (χ2v) is 5.26. The minimum absolute atomic E-state index is 0.0319. The Morgan fingerprint density at radius 2 is 2.30 bits per heavy atom. The fourth-order valence-electron chi connectivity index (χ4n) is 3.18. The number of nitrogens with zero attached hydrogens (tertiary/aromatic N) is 1. The Labute approximate surface area is 117 Å². The number of piperidine rings is 1. The summed E-state index contributed by atoms with van der Waals surface area (Å²) in [5.41, 5.74) is 0.395. The van der Waals surface area contributed by atoms with Gasteiger partial charge in [0.2, 0.25) is 0 Å². The van der Waals surface area contributed by atoms with Crippen LogP contribution in [0.1, 0.15) is 23.2 Å². The summed E-state index contributed by atoms with van der Waals surface area (Å²) in [7, 11) is 1.67. The van der Waals surface area contributed by atoms with Crippen LogP contribution in [0.15, 0.2) is 24.3 Å². The van der Waals surface area contributed by atoms with Crippen molar-refractivity contribution < 1.29 is 18.7 Å². The van der Waals surface area contributed by atoms with E-state index in [0.717, 1.165) is 12.8 Å². The molecule has 2 aliphatic rings. The molecule has 108 valence electrons. The molecule has 20 heavy (non-hydrogen) atoms. The molecular weight excluding hydrogens is 261 g/mol. The first-order valence-corrected chi connectivity index (χ1v) is 6.91. The molecule has 2 fully saturated rings. The highest BCUT2D eigenvalue weighted by Gasteiger charge is 2.44. The average Bonchev–Trinajstić information content (AvgIpc) is 2.95. The number of fused-ring (bicyclic) bond motifs is 1. The quantitative estimate of drug-likeness (QED) is 0.829. The molecule has 1 aromatic carbocycles. The van der Waals surface area contributed by atoms with Gasteiger partial charge in [-0.3, -0.25) is 4.79 Å². The van der Waals surface area contributed by atoms with Crippen molar-refractivity contribution in [3.05, 3.63) is 35.6 Å². The van der Waals surface area contributed by atoms with Gasteiger partial charge in [0, 0.05) is 25.8 Å². The second kappa shape index (κ2) is 5.50. The Balaban J connectivity index is 1.82. The molecule has 0 N–H and O–H groups in total. The summed E-state index contributed by atoms with van der Waals surface area (Å²) >= 11 is 0. The van der Waals surface area contributed by atoms with E-state index in [9.17, 15) is 9.18 Å². The number of rotatable bonds is 2. The minimum Gasteiger partial charge on any atom is -0.379 e. The Bertz CT molecular complexity index is 508. The van der Waals surface area contributed by atoms with Crippen molar-refractivity contribution in [2.75, 3.05) is 20.3 Å². The molecule has 2 aliphatic heterocycles. The Kier molecular flexibility index (Phi) is 3.72. The largest absolute Gasteiger partial charge is 0.379 e. The number of likely N-dealkylation sites (tertiary alicyclic amines) is 1. The zero-order chi connectivity index (χ0) is 14.1. The first-order valence-electron chi connectivity index (χ1n) is 6.91. The van der Waals surface area contributed by atoms with Crippen LogP contribution in [0.25, 0.3) is 0 Å². The zero-order valence-electron chi connectivity index (χ0n) is 11.4. The van der Waals surface area contributed by atoms with E-state index in [4.69, 9.17) is 9.47 Å². The predicted octanol–water partition coefficient (Wildman–Crippen LogP) is 1.84. The van der Waals surface area contributed by atoms with Crippen molar-refractivity contribution in [3.63, 3.8) is 0 Å². The number of hydrogen-bond acceptors (Lipinski definition) is 3. The number of methoxy groups -OCH3 is 1. The summed E-state index contributed by atoms with van der Waals surface area (Å²) < 4.78 is 24.4. The maximum atomic E-state index is 13.3. The van der Waals surface area contributed by atoms with Gasteiger partial charge < -0.3 is 14.4 Å². The van der Waals surface area contributed by atoms with Crippen LogP contribution in [0.3, 0.4) is 0 Å². The van der Waals surface area contributed by atoms with Crippen LogP contribution in [0.2, 0.25) is 0 Å². The molecule has 4 nitrogen and oxygen atoms in total. The van der Waals surface area contributed by atoms with Crippen molar-refractivity contribution in [3.8, 4) is 0 Å². The van der Waals surface area contributed by atoms with Crippen molar-refractivity contribution in [1.82, 2.24) is 4.90 Å². The second-order valence-electron chi connectivity index (χ2n) is 5.26. The molecule has 0 saturated carbocycles. The number of ether oxygens (including phenoxy) is 2. The summed E-state index contributed by atoms with van der Waals surface area (Å²) in [6, 6.07) is 5.88. The van der Waals surface area contributed by atoms with Crippen LogP contribution < -0.4 is 0 Å². The van der Waals surface area contributed by atoms with Crippen LogP contribution in [-0.2, 0) is 9.47 Å². The maximum Gasteiger partial charge on any atom is 0.254 e. The first kappa shape index (κ1) is 13.5. The molecule has 1 aromatic rings. The molecule has 0 radical (unpaired) electrons. The van der Waals surface area contributed by atoms with Gasteiger partial charge in [0.25, 0.3) is 5.91 Å². The number of carbonyl (C=O) groups excluding carboxylic acids is 1. The molecule has 0 aliphatic carbocycles. The molecule has 0 bridgehead atoms. The monoisotopic (exact) mass is 279 g/mol. The van der Waals surface area contributed by atoms with Gasteiger partial charge in [0.05, 0.1) is 12.1 Å². The summed E-state index contributed by atoms with van der Waals surface area (Å²) in [6.45, 7) is 1.26. The van der Waals surface area contributed by atoms with Gasteiger partial charge in [-0.05, 0) is 31.0 Å². The lowest BCUT2D eigenvalue weighted by molar-refractivity contribution is -0.0754. The van der Waals surface area contributed by atoms with Crippen molar-refractivity contribution in [2.24, 2.45) is 0 Å². The van der Waals surface area contributed by atoms with E-state index in [2.05, 4.69) is 0 Å². The molecular formula is C15H18FNO3. The summed E-state index contributed by atoms with van der Waals surface area (Å²) in [6.07, 6.45) is 1.54. The van der Waals surface area contributed by atoms with Gasteiger partial charge >= 0.3 is 0 Å². The number of hydrogen-bond donors (Lipinski definition) is 0. The molecule has 0 spiro atoms. The van der Waals surface area contributed by atoms with Gasteiger partial charge in [0.1, 0.15) is 11.9 Å². The topological polar surface area (TPSA) is 38.8 Å². The highest BCUT2D eigenvalue weighted by atomic mass is 19.1. The lowest BCUT2D eigenvalue weighted by Crippen LogP contribution is -2.55. The van der Waals surface area contributed by atoms with Crippen molar-refractivity contribution in [2.45, 2.75) is 31.1 Å². The molecule has 3 atom stereocenters. The lowest BCUT2D eigenvalue weighted by Gasteiger charge is -2.40. The van der Waals surface area contributed by atoms with Crippen molar-refractivity contribution >= 4 is 5.91 Å². The SMILES string of the molecule is CO[C@@H]1CCN(C(=O)c2cccc(F)c2)[C@@H]2CCO[C@H]21. The van der Waals surface area contributed by atoms with E-state index >= 15 is 0 Å². The summed E-state index contributed by atoms with van der Waals surface area (Å²) in [5.74, 6) is -0.513. The van der Waals surface area contributed by atoms with E-state index < -0.39 is 0 Å². The van der Waals surface area contributed by atoms with E-state index in [1.54, 1.807) is 19.2 Å². The first-order chi connectivity index (χ1) is 9.70. The van der Waals surface area contributed by atoms with Crippen LogP contribution >= 0.6 is 0 Å². The molecule has 2 saturated heterocycles. The maximum absolute atomic E-state index is 13.3. The third kappa shape index (κ3) is 2.31. The van der Waals surface area contributed by atoms with E-state index in [1.165, 1.54) is 12.1 Å². The number of benzene rings is 1. The van der Waals surface area contributed by atoms with Crippen molar-refractivity contribution in [1.29, 1.82) is 0 Å². The average molecular weight is 279 g/mol. The fraction of sp³-hybridized carbons (Fsp3) is 0.533. The normalized spacial score (nSPS) is 29.3. The third-order valence-electron chi connectivity index (χ3n) is 4.16. The summed E-state index contributed by atoms with van der Waals surface area (Å²) in [4.78, 5) is 14.4. The standard InChI is InChI=1S/C15H18FNO3/c1-19-13-5-7-17(12-6-8-20-14(12)13)15(18)10-3-2-4-11(16)9-10/h2-4,9,12-14H,5-8H2,1H3/t12-,13-,14-/m1/s1. The van der Waals surface area contributed by atoms with Gasteiger partial charge in [0.15, 0.2) is 0 Å². The fourth-order valence-corrected chi connectivity index (χ4v) is 3.18. The highest BCUT2D eigenvalue weighted by Crippen LogP contribution is 2.31. The smallest absolute Gasteiger partial charge is 0.254 e. The Morgan fingerprint density at radius 1 is 1.45 bits per heavy atom. The van der Waals surface area contributed by atoms with Crippen LogP contribution in [0.4, 0.5) is 4.39 Å². The molecule has 2 heterocycles. The van der Waals surface area contributed by atoms with Gasteiger partial charge in [-0.2, -0.15) is 0 Å². The van der Waals surface area contributed by atoms with Crippen LogP contribution in [0, 0.1) is 5.82 Å². The molecule has 3 rings (SSSR count). The van der Waals surface area contributed by atoms with E-state index in [1.807, 2.05) is 4.90 Å². The number of carbonyl (C=O) groups is 1. The molecule has 5 heteroatoms. The Hall–Kier alpha value is -1.46. The summed E-state index contributed by atoms with van der Waals surface area (Å²) in [5, 5.41) is 0. The zero-order valence-corrected chi connectivity index (χ0v) is 11.4. The highest BCUT2D eigenvalue weighted by molar-refractivity contribution is 5.94. The van der Waals surface area contributed by atoms with Gasteiger partial charge in [-0.15, -0.1) is 0 Å². The lowest BCUT2D eigenvalue weighted by atomic mass is 9.94. The van der Waals surface area contributed by atoms with Crippen LogP contribution in [-0.4, -0.2) is 49.3 Å². The van der Waals surface area contributed by atoms with Gasteiger partial charge in [-0.1, -0.05) is 6.07 Å². The van der Waals surface area contributed by atoms with E-state index in [-0.39, 0.29) is 30.0 Å².